The molecule has 14 heavy (non-hydrogen) atoms. The quantitative estimate of drug-likeness (QED) is 0.718. The van der Waals surface area contributed by atoms with Crippen LogP contribution in [0.25, 0.3) is 0 Å². The molecule has 0 atom stereocenters. The summed E-state index contributed by atoms with van der Waals surface area (Å²) in [6.07, 6.45) is 1.91. The van der Waals surface area contributed by atoms with Gasteiger partial charge in [0.25, 0.3) is 0 Å². The maximum absolute atomic E-state index is 11.3. The number of rotatable bonds is 4. The van der Waals surface area contributed by atoms with E-state index in [0.717, 1.165) is 28.5 Å². The summed E-state index contributed by atoms with van der Waals surface area (Å²) in [6.45, 7) is 3.70. The number of thiazole rings is 1. The molecule has 0 saturated carbocycles. The summed E-state index contributed by atoms with van der Waals surface area (Å²) in [5.74, 6) is 0.124. The zero-order valence-electron chi connectivity index (χ0n) is 9.13. The molecule has 0 aliphatic heterocycles. The smallest absolute Gasteiger partial charge is 0.185 e. The predicted octanol–water partition coefficient (Wildman–Crippen LogP) is 2.36. The van der Waals surface area contributed by atoms with Gasteiger partial charge in [0.2, 0.25) is 0 Å². The average Bonchev–Trinajstić information content (AvgIpc) is 2.49. The molecule has 0 aliphatic rings. The molecular formula is C10H16N2OS. The summed E-state index contributed by atoms with van der Waals surface area (Å²) in [6, 6.07) is 0. The van der Waals surface area contributed by atoms with E-state index < -0.39 is 0 Å². The third kappa shape index (κ3) is 2.32. The Morgan fingerprint density at radius 1 is 1.50 bits per heavy atom. The second-order valence-electron chi connectivity index (χ2n) is 3.47. The number of aryl methyl sites for hydroxylation is 1. The van der Waals surface area contributed by atoms with Crippen LogP contribution in [0.1, 0.15) is 35.6 Å². The Kier molecular flexibility index (Phi) is 3.63. The number of ketones is 1. The van der Waals surface area contributed by atoms with Crippen LogP contribution in [-0.4, -0.2) is 24.9 Å². The second-order valence-corrected chi connectivity index (χ2v) is 4.45. The van der Waals surface area contributed by atoms with Crippen molar-refractivity contribution in [1.29, 1.82) is 0 Å². The Morgan fingerprint density at radius 3 is 2.57 bits per heavy atom. The summed E-state index contributed by atoms with van der Waals surface area (Å²) < 4.78 is 0. The highest BCUT2D eigenvalue weighted by molar-refractivity contribution is 7.17. The lowest BCUT2D eigenvalue weighted by Crippen LogP contribution is -2.07. The number of carbonyl (C=O) groups excluding carboxylic acids is 1. The zero-order valence-corrected chi connectivity index (χ0v) is 9.94. The van der Waals surface area contributed by atoms with Crippen molar-refractivity contribution in [2.45, 2.75) is 26.7 Å². The minimum atomic E-state index is 0.124. The molecule has 0 spiro atoms. The Morgan fingerprint density at radius 2 is 2.14 bits per heavy atom. The highest BCUT2D eigenvalue weighted by Crippen LogP contribution is 2.26. The molecular weight excluding hydrogens is 196 g/mol. The molecule has 0 unspecified atom stereocenters. The zero-order chi connectivity index (χ0) is 10.7. The largest absolute Gasteiger partial charge is 0.354 e. The van der Waals surface area contributed by atoms with Gasteiger partial charge in [-0.25, -0.2) is 4.98 Å². The van der Waals surface area contributed by atoms with Gasteiger partial charge in [0.1, 0.15) is 0 Å². The third-order valence-corrected chi connectivity index (χ3v) is 3.24. The minimum absolute atomic E-state index is 0.124. The van der Waals surface area contributed by atoms with E-state index in [1.807, 2.05) is 19.0 Å². The molecule has 1 heterocycles. The number of hydrogen-bond acceptors (Lipinski definition) is 4. The highest BCUT2D eigenvalue weighted by Gasteiger charge is 2.14. The van der Waals surface area contributed by atoms with Crippen molar-refractivity contribution < 1.29 is 4.79 Å². The fourth-order valence-electron chi connectivity index (χ4n) is 1.21. The van der Waals surface area contributed by atoms with E-state index >= 15 is 0 Å². The van der Waals surface area contributed by atoms with Crippen molar-refractivity contribution >= 4 is 22.3 Å². The van der Waals surface area contributed by atoms with Crippen molar-refractivity contribution in [3.63, 3.8) is 0 Å². The van der Waals surface area contributed by atoms with Gasteiger partial charge in [-0.2, -0.15) is 0 Å². The lowest BCUT2D eigenvalue weighted by molar-refractivity contribution is 0.102. The van der Waals surface area contributed by atoms with Crippen LogP contribution >= 0.6 is 11.3 Å². The van der Waals surface area contributed by atoms with E-state index in [9.17, 15) is 4.79 Å². The van der Waals surface area contributed by atoms with E-state index in [1.165, 1.54) is 11.3 Å². The molecule has 0 radical (unpaired) electrons. The number of nitrogens with zero attached hydrogens (tertiary/aromatic N) is 2. The van der Waals surface area contributed by atoms with Crippen LogP contribution in [0.5, 0.6) is 0 Å². The number of aromatic nitrogens is 1. The molecule has 0 aromatic carbocycles. The van der Waals surface area contributed by atoms with Crippen LogP contribution in [0, 0.1) is 0 Å². The van der Waals surface area contributed by atoms with Gasteiger partial charge in [-0.1, -0.05) is 24.7 Å². The van der Waals surface area contributed by atoms with E-state index in [0.29, 0.717) is 0 Å². The lowest BCUT2D eigenvalue weighted by atomic mass is 10.2. The SMILES string of the molecule is CCCc1nc(N(C)C)sc1C(C)=O. The average molecular weight is 212 g/mol. The first-order valence-corrected chi connectivity index (χ1v) is 5.55. The molecule has 3 nitrogen and oxygen atoms in total. The Labute approximate surface area is 88.8 Å². The summed E-state index contributed by atoms with van der Waals surface area (Å²) >= 11 is 1.48. The number of hydrogen-bond donors (Lipinski definition) is 0. The predicted molar refractivity (Wildman–Crippen MR) is 60.4 cm³/mol. The number of carbonyl (C=O) groups is 1. The molecule has 0 N–H and O–H groups in total. The van der Waals surface area contributed by atoms with Gasteiger partial charge in [0, 0.05) is 21.0 Å². The van der Waals surface area contributed by atoms with Crippen molar-refractivity contribution in [2.75, 3.05) is 19.0 Å². The third-order valence-electron chi connectivity index (χ3n) is 1.88. The first kappa shape index (κ1) is 11.2. The molecule has 1 rings (SSSR count). The molecule has 0 saturated heterocycles. The van der Waals surface area contributed by atoms with Gasteiger partial charge in [-0.05, 0) is 6.42 Å². The highest BCUT2D eigenvalue weighted by atomic mass is 32.1. The topological polar surface area (TPSA) is 33.2 Å². The van der Waals surface area contributed by atoms with Gasteiger partial charge >= 0.3 is 0 Å². The fourth-order valence-corrected chi connectivity index (χ4v) is 2.14. The van der Waals surface area contributed by atoms with E-state index in [-0.39, 0.29) is 5.78 Å². The molecule has 0 bridgehead atoms. The maximum atomic E-state index is 11.3. The Bertz CT molecular complexity index is 331. The number of anilines is 1. The van der Waals surface area contributed by atoms with Crippen LogP contribution < -0.4 is 4.90 Å². The molecule has 0 fully saturated rings. The standard InChI is InChI=1S/C10H16N2OS/c1-5-6-8-9(7(2)13)14-10(11-8)12(3)4/h5-6H2,1-4H3. The minimum Gasteiger partial charge on any atom is -0.354 e. The van der Waals surface area contributed by atoms with Crippen molar-refractivity contribution in [2.24, 2.45) is 0 Å². The molecule has 1 aromatic rings. The molecule has 0 amide bonds. The van der Waals surface area contributed by atoms with E-state index in [1.54, 1.807) is 6.92 Å². The van der Waals surface area contributed by atoms with Crippen LogP contribution in [-0.2, 0) is 6.42 Å². The van der Waals surface area contributed by atoms with Crippen molar-refractivity contribution in [3.05, 3.63) is 10.6 Å². The molecule has 1 aromatic heterocycles. The van der Waals surface area contributed by atoms with Gasteiger partial charge in [0.15, 0.2) is 10.9 Å². The van der Waals surface area contributed by atoms with Gasteiger partial charge in [0.05, 0.1) is 10.6 Å². The van der Waals surface area contributed by atoms with Crippen LogP contribution in [0.2, 0.25) is 0 Å². The first-order chi connectivity index (χ1) is 6.56. The van der Waals surface area contributed by atoms with Crippen LogP contribution in [0.3, 0.4) is 0 Å². The summed E-state index contributed by atoms with van der Waals surface area (Å²) in [7, 11) is 3.89. The van der Waals surface area contributed by atoms with Crippen LogP contribution in [0.4, 0.5) is 5.13 Å². The van der Waals surface area contributed by atoms with Gasteiger partial charge in [-0.15, -0.1) is 0 Å². The Balaban J connectivity index is 3.05. The van der Waals surface area contributed by atoms with E-state index in [4.69, 9.17) is 0 Å². The maximum Gasteiger partial charge on any atom is 0.185 e. The monoisotopic (exact) mass is 212 g/mol. The van der Waals surface area contributed by atoms with Gasteiger partial charge in [-0.3, -0.25) is 4.79 Å². The normalized spacial score (nSPS) is 10.3. The van der Waals surface area contributed by atoms with E-state index in [2.05, 4.69) is 11.9 Å². The van der Waals surface area contributed by atoms with Crippen LogP contribution in [0.15, 0.2) is 0 Å². The fraction of sp³-hybridized carbons (Fsp3) is 0.600. The Hall–Kier alpha value is -0.900. The van der Waals surface area contributed by atoms with Crippen molar-refractivity contribution in [1.82, 2.24) is 4.98 Å². The summed E-state index contributed by atoms with van der Waals surface area (Å²) in [5.41, 5.74) is 0.953. The summed E-state index contributed by atoms with van der Waals surface area (Å²) in [5, 5.41) is 0.915. The lowest BCUT2D eigenvalue weighted by Gasteiger charge is -2.05. The molecule has 78 valence electrons. The van der Waals surface area contributed by atoms with Crippen molar-refractivity contribution in [3.8, 4) is 0 Å². The molecule has 0 aliphatic carbocycles. The second kappa shape index (κ2) is 4.55. The summed E-state index contributed by atoms with van der Waals surface area (Å²) in [4.78, 5) is 18.5. The number of Topliss-reactive ketones (excluding diaryl/α,β-unsaturated/α-hetero) is 1. The van der Waals surface area contributed by atoms with Gasteiger partial charge < -0.3 is 4.90 Å². The first-order valence-electron chi connectivity index (χ1n) is 4.74. The molecule has 4 heteroatoms.